The summed E-state index contributed by atoms with van der Waals surface area (Å²) >= 11 is 0. The minimum Gasteiger partial charge on any atom is -0.508 e. The molecule has 0 saturated carbocycles. The molecular weight excluding hydrogens is 166 g/mol. The molecule has 1 aliphatic heterocycles. The van der Waals surface area contributed by atoms with Crippen LogP contribution in [0.2, 0.25) is 0 Å². The van der Waals surface area contributed by atoms with E-state index in [4.69, 9.17) is 5.11 Å². The van der Waals surface area contributed by atoms with E-state index in [9.17, 15) is 5.11 Å². The summed E-state index contributed by atoms with van der Waals surface area (Å²) in [6, 6.07) is 6.98. The molecule has 3 heteroatoms. The van der Waals surface area contributed by atoms with Crippen molar-refractivity contribution >= 4 is 0 Å². The summed E-state index contributed by atoms with van der Waals surface area (Å²) in [7, 11) is 0. The van der Waals surface area contributed by atoms with Crippen LogP contribution in [0.3, 0.4) is 0 Å². The first-order valence-electron chi connectivity index (χ1n) is 4.48. The lowest BCUT2D eigenvalue weighted by molar-refractivity contribution is 0.160. The van der Waals surface area contributed by atoms with E-state index in [1.54, 1.807) is 12.1 Å². The minimum absolute atomic E-state index is 0.0283. The molecule has 1 fully saturated rings. The molecule has 1 aromatic carbocycles. The quantitative estimate of drug-likeness (QED) is 0.597. The van der Waals surface area contributed by atoms with Crippen LogP contribution in [0.25, 0.3) is 0 Å². The summed E-state index contributed by atoms with van der Waals surface area (Å²) in [6.07, 6.45) is 0.496. The molecule has 1 heterocycles. The Bertz CT molecular complexity index is 283. The lowest BCUT2D eigenvalue weighted by atomic mass is 10.0. The molecule has 1 saturated heterocycles. The first kappa shape index (κ1) is 8.53. The minimum atomic E-state index is -0.301. The van der Waals surface area contributed by atoms with Crippen molar-refractivity contribution in [2.75, 3.05) is 6.54 Å². The highest BCUT2D eigenvalue weighted by Crippen LogP contribution is 2.24. The van der Waals surface area contributed by atoms with Crippen LogP contribution in [-0.2, 0) is 0 Å². The summed E-state index contributed by atoms with van der Waals surface area (Å²) in [5, 5.41) is 21.9. The van der Waals surface area contributed by atoms with E-state index in [-0.39, 0.29) is 17.9 Å². The molecule has 1 aromatic rings. The Morgan fingerprint density at radius 2 is 1.92 bits per heavy atom. The Morgan fingerprint density at radius 1 is 1.23 bits per heavy atom. The molecule has 2 atom stereocenters. The first-order chi connectivity index (χ1) is 6.27. The Balaban J connectivity index is 2.20. The van der Waals surface area contributed by atoms with Gasteiger partial charge < -0.3 is 15.5 Å². The average Bonchev–Trinajstić information content (AvgIpc) is 2.53. The van der Waals surface area contributed by atoms with Crippen molar-refractivity contribution in [1.29, 1.82) is 0 Å². The molecule has 0 bridgehead atoms. The Kier molecular flexibility index (Phi) is 2.20. The maximum absolute atomic E-state index is 9.59. The summed E-state index contributed by atoms with van der Waals surface area (Å²) in [5.74, 6) is 0.260. The maximum atomic E-state index is 9.59. The number of hydrogen-bond donors (Lipinski definition) is 3. The average molecular weight is 179 g/mol. The van der Waals surface area contributed by atoms with Gasteiger partial charge in [-0.15, -0.1) is 0 Å². The highest BCUT2D eigenvalue weighted by Gasteiger charge is 2.25. The largest absolute Gasteiger partial charge is 0.508 e. The first-order valence-corrected chi connectivity index (χ1v) is 4.48. The van der Waals surface area contributed by atoms with Gasteiger partial charge in [-0.2, -0.15) is 0 Å². The van der Waals surface area contributed by atoms with Gasteiger partial charge in [0.25, 0.3) is 0 Å². The normalized spacial score (nSPS) is 27.8. The van der Waals surface area contributed by atoms with E-state index in [1.165, 1.54) is 0 Å². The topological polar surface area (TPSA) is 52.5 Å². The molecule has 3 nitrogen and oxygen atoms in total. The van der Waals surface area contributed by atoms with Crippen LogP contribution in [0, 0.1) is 0 Å². The predicted molar refractivity (Wildman–Crippen MR) is 49.5 cm³/mol. The van der Waals surface area contributed by atoms with Crippen LogP contribution in [0.4, 0.5) is 0 Å². The smallest absolute Gasteiger partial charge is 0.115 e. The molecule has 0 aromatic heterocycles. The highest BCUT2D eigenvalue weighted by molar-refractivity contribution is 5.29. The van der Waals surface area contributed by atoms with Gasteiger partial charge in [0.2, 0.25) is 0 Å². The third-order valence-corrected chi connectivity index (χ3v) is 2.44. The summed E-state index contributed by atoms with van der Waals surface area (Å²) in [4.78, 5) is 0. The number of aliphatic hydroxyl groups is 1. The lowest BCUT2D eigenvalue weighted by Crippen LogP contribution is -2.20. The van der Waals surface area contributed by atoms with Crippen molar-refractivity contribution in [2.45, 2.75) is 18.6 Å². The Labute approximate surface area is 77.0 Å². The van der Waals surface area contributed by atoms with Crippen LogP contribution in [0.1, 0.15) is 18.0 Å². The molecule has 70 valence electrons. The SMILES string of the molecule is Oc1ccc(C2NCCC2O)cc1. The number of aliphatic hydroxyl groups excluding tert-OH is 1. The third-order valence-electron chi connectivity index (χ3n) is 2.44. The molecule has 2 unspecified atom stereocenters. The van der Waals surface area contributed by atoms with E-state index in [2.05, 4.69) is 5.32 Å². The number of phenols is 1. The fourth-order valence-corrected chi connectivity index (χ4v) is 1.71. The van der Waals surface area contributed by atoms with Crippen LogP contribution >= 0.6 is 0 Å². The van der Waals surface area contributed by atoms with Crippen molar-refractivity contribution in [3.05, 3.63) is 29.8 Å². The summed E-state index contributed by atoms with van der Waals surface area (Å²) < 4.78 is 0. The molecule has 3 N–H and O–H groups in total. The van der Waals surface area contributed by atoms with Crippen molar-refractivity contribution in [3.63, 3.8) is 0 Å². The van der Waals surface area contributed by atoms with Crippen molar-refractivity contribution in [2.24, 2.45) is 0 Å². The zero-order chi connectivity index (χ0) is 9.26. The van der Waals surface area contributed by atoms with Crippen molar-refractivity contribution in [3.8, 4) is 5.75 Å². The van der Waals surface area contributed by atoms with Crippen LogP contribution in [-0.4, -0.2) is 22.9 Å². The molecule has 0 aliphatic carbocycles. The molecule has 0 radical (unpaired) electrons. The van der Waals surface area contributed by atoms with E-state index < -0.39 is 0 Å². The van der Waals surface area contributed by atoms with E-state index in [1.807, 2.05) is 12.1 Å². The van der Waals surface area contributed by atoms with Gasteiger partial charge >= 0.3 is 0 Å². The van der Waals surface area contributed by atoms with E-state index in [0.717, 1.165) is 18.5 Å². The number of benzene rings is 1. The van der Waals surface area contributed by atoms with Crippen molar-refractivity contribution < 1.29 is 10.2 Å². The second kappa shape index (κ2) is 3.36. The second-order valence-electron chi connectivity index (χ2n) is 3.38. The zero-order valence-electron chi connectivity index (χ0n) is 7.27. The van der Waals surface area contributed by atoms with Gasteiger partial charge in [-0.25, -0.2) is 0 Å². The van der Waals surface area contributed by atoms with Gasteiger partial charge in [0.1, 0.15) is 5.75 Å². The number of hydrogen-bond acceptors (Lipinski definition) is 3. The zero-order valence-corrected chi connectivity index (χ0v) is 7.27. The number of nitrogens with one attached hydrogen (secondary N) is 1. The van der Waals surface area contributed by atoms with Gasteiger partial charge in [-0.05, 0) is 30.7 Å². The lowest BCUT2D eigenvalue weighted by Gasteiger charge is -2.14. The molecule has 1 aliphatic rings. The Morgan fingerprint density at radius 3 is 2.46 bits per heavy atom. The van der Waals surface area contributed by atoms with Crippen LogP contribution in [0.5, 0.6) is 5.75 Å². The van der Waals surface area contributed by atoms with Gasteiger partial charge in [-0.3, -0.25) is 0 Å². The molecular formula is C10H13NO2. The second-order valence-corrected chi connectivity index (χ2v) is 3.38. The summed E-state index contributed by atoms with van der Waals surface area (Å²) in [6.45, 7) is 0.854. The van der Waals surface area contributed by atoms with Crippen LogP contribution in [0.15, 0.2) is 24.3 Å². The standard InChI is InChI=1S/C10H13NO2/c12-8-3-1-7(2-4-8)10-9(13)5-6-11-10/h1-4,9-13H,5-6H2. The van der Waals surface area contributed by atoms with E-state index in [0.29, 0.717) is 0 Å². The number of aromatic hydroxyl groups is 1. The van der Waals surface area contributed by atoms with E-state index >= 15 is 0 Å². The maximum Gasteiger partial charge on any atom is 0.115 e. The highest BCUT2D eigenvalue weighted by atomic mass is 16.3. The predicted octanol–water partition coefficient (Wildman–Crippen LogP) is 0.787. The van der Waals surface area contributed by atoms with Gasteiger partial charge in [-0.1, -0.05) is 12.1 Å². The van der Waals surface area contributed by atoms with Gasteiger partial charge in [0.15, 0.2) is 0 Å². The molecule has 0 spiro atoms. The van der Waals surface area contributed by atoms with Crippen LogP contribution < -0.4 is 5.32 Å². The summed E-state index contributed by atoms with van der Waals surface area (Å²) in [5.41, 5.74) is 1.03. The fourth-order valence-electron chi connectivity index (χ4n) is 1.71. The number of phenolic OH excluding ortho intramolecular Hbond substituents is 1. The molecule has 2 rings (SSSR count). The molecule has 0 amide bonds. The van der Waals surface area contributed by atoms with Gasteiger partial charge in [0.05, 0.1) is 12.1 Å². The van der Waals surface area contributed by atoms with Crippen molar-refractivity contribution in [1.82, 2.24) is 5.32 Å². The fraction of sp³-hybridized carbons (Fsp3) is 0.400. The number of rotatable bonds is 1. The molecule has 13 heavy (non-hydrogen) atoms. The monoisotopic (exact) mass is 179 g/mol. The Hall–Kier alpha value is -1.06. The third kappa shape index (κ3) is 1.66. The van der Waals surface area contributed by atoms with Gasteiger partial charge in [0, 0.05) is 0 Å².